The molecule has 0 aliphatic carbocycles. The van der Waals surface area contributed by atoms with Crippen molar-refractivity contribution in [3.63, 3.8) is 0 Å². The van der Waals surface area contributed by atoms with Gasteiger partial charge in [0.05, 0.1) is 6.61 Å². The predicted molar refractivity (Wildman–Crippen MR) is 37.9 cm³/mol. The Morgan fingerprint density at radius 2 is 2.00 bits per heavy atom. The molecule has 0 fully saturated rings. The Kier molecular flexibility index (Phi) is 11.0. The first-order chi connectivity index (χ1) is 5.16. The van der Waals surface area contributed by atoms with Crippen LogP contribution in [0, 0.1) is 0 Å². The highest BCUT2D eigenvalue weighted by molar-refractivity contribution is 5.65. The van der Waals surface area contributed by atoms with E-state index < -0.39 is 12.1 Å². The molecule has 3 N–H and O–H groups in total. The Morgan fingerprint density at radius 3 is 2.27 bits per heavy atom. The van der Waals surface area contributed by atoms with E-state index in [0.717, 1.165) is 7.11 Å². The van der Waals surface area contributed by atoms with Crippen molar-refractivity contribution in [2.24, 2.45) is 0 Å². The first-order valence-electron chi connectivity index (χ1n) is 3.04. The molecule has 68 valence electrons. The van der Waals surface area contributed by atoms with Gasteiger partial charge >= 0.3 is 5.97 Å². The van der Waals surface area contributed by atoms with Crippen LogP contribution in [-0.4, -0.2) is 47.7 Å². The van der Waals surface area contributed by atoms with E-state index in [1.54, 1.807) is 0 Å². The van der Waals surface area contributed by atoms with Crippen LogP contribution in [0.15, 0.2) is 0 Å². The second-order valence-electron chi connectivity index (χ2n) is 1.64. The normalized spacial score (nSPS) is 11.0. The van der Waals surface area contributed by atoms with Crippen LogP contribution < -0.4 is 0 Å². The van der Waals surface area contributed by atoms with Crippen molar-refractivity contribution in [3.05, 3.63) is 0 Å². The van der Waals surface area contributed by atoms with Gasteiger partial charge in [0.25, 0.3) is 0 Å². The monoisotopic (exact) mass is 166 g/mol. The van der Waals surface area contributed by atoms with Gasteiger partial charge in [-0.15, -0.1) is 0 Å². The molecule has 0 bridgehead atoms. The Labute approximate surface area is 65.2 Å². The van der Waals surface area contributed by atoms with E-state index in [2.05, 4.69) is 4.74 Å². The average molecular weight is 166 g/mol. The molecular formula is C6H14O5. The SMILES string of the molecule is CC(=O)OCC(O)CO.CO. The number of esters is 1. The summed E-state index contributed by atoms with van der Waals surface area (Å²) in [7, 11) is 1.00. The second kappa shape index (κ2) is 9.35. The fourth-order valence-corrected chi connectivity index (χ4v) is 0.266. The zero-order valence-corrected chi connectivity index (χ0v) is 6.65. The Morgan fingerprint density at radius 1 is 1.55 bits per heavy atom. The quantitative estimate of drug-likeness (QED) is 0.445. The van der Waals surface area contributed by atoms with Crippen molar-refractivity contribution in [1.82, 2.24) is 0 Å². The number of carbonyl (C=O) groups is 1. The first kappa shape index (κ1) is 13.0. The number of hydrogen-bond donors (Lipinski definition) is 3. The molecular weight excluding hydrogens is 152 g/mol. The molecule has 0 aromatic rings. The zero-order chi connectivity index (χ0) is 9.28. The molecule has 5 nitrogen and oxygen atoms in total. The maximum atomic E-state index is 10.0. The Balaban J connectivity index is 0. The lowest BCUT2D eigenvalue weighted by molar-refractivity contribution is -0.144. The predicted octanol–water partition coefficient (Wildman–Crippen LogP) is -1.49. The second-order valence-corrected chi connectivity index (χ2v) is 1.64. The van der Waals surface area contributed by atoms with Crippen LogP contribution in [0.4, 0.5) is 0 Å². The molecule has 0 aliphatic rings. The highest BCUT2D eigenvalue weighted by Crippen LogP contribution is 1.82. The van der Waals surface area contributed by atoms with Crippen LogP contribution >= 0.6 is 0 Å². The first-order valence-corrected chi connectivity index (χ1v) is 3.04. The van der Waals surface area contributed by atoms with Crippen molar-refractivity contribution in [3.8, 4) is 0 Å². The summed E-state index contributed by atoms with van der Waals surface area (Å²) in [5.74, 6) is -0.456. The van der Waals surface area contributed by atoms with E-state index in [4.69, 9.17) is 15.3 Å². The molecule has 0 aromatic carbocycles. The van der Waals surface area contributed by atoms with Crippen LogP contribution in [0.2, 0.25) is 0 Å². The number of rotatable bonds is 3. The summed E-state index contributed by atoms with van der Waals surface area (Å²) in [6.45, 7) is 0.725. The van der Waals surface area contributed by atoms with Gasteiger partial charge in [0.1, 0.15) is 12.7 Å². The van der Waals surface area contributed by atoms with Gasteiger partial charge in [-0.25, -0.2) is 0 Å². The van der Waals surface area contributed by atoms with E-state index in [1.807, 2.05) is 0 Å². The minimum atomic E-state index is -0.950. The molecule has 0 aromatic heterocycles. The zero-order valence-electron chi connectivity index (χ0n) is 6.65. The van der Waals surface area contributed by atoms with Gasteiger partial charge in [-0.1, -0.05) is 0 Å². The molecule has 0 heterocycles. The molecule has 0 aliphatic heterocycles. The molecule has 11 heavy (non-hydrogen) atoms. The topological polar surface area (TPSA) is 87.0 Å². The van der Waals surface area contributed by atoms with Crippen molar-refractivity contribution in [1.29, 1.82) is 0 Å². The summed E-state index contributed by atoms with van der Waals surface area (Å²) in [6.07, 6.45) is -0.950. The summed E-state index contributed by atoms with van der Waals surface area (Å²) in [6, 6.07) is 0. The van der Waals surface area contributed by atoms with Gasteiger partial charge in [-0.2, -0.15) is 0 Å². The Hall–Kier alpha value is -0.650. The smallest absolute Gasteiger partial charge is 0.302 e. The lowest BCUT2D eigenvalue weighted by atomic mass is 10.4. The van der Waals surface area contributed by atoms with Crippen LogP contribution in [0.5, 0.6) is 0 Å². The highest BCUT2D eigenvalue weighted by atomic mass is 16.5. The number of carbonyl (C=O) groups excluding carboxylic acids is 1. The van der Waals surface area contributed by atoms with Gasteiger partial charge in [0.15, 0.2) is 0 Å². The van der Waals surface area contributed by atoms with Crippen LogP contribution in [-0.2, 0) is 9.53 Å². The minimum Gasteiger partial charge on any atom is -0.463 e. The van der Waals surface area contributed by atoms with Gasteiger partial charge in [-0.05, 0) is 0 Å². The third-order valence-corrected chi connectivity index (χ3v) is 0.690. The number of hydrogen-bond acceptors (Lipinski definition) is 5. The van der Waals surface area contributed by atoms with Gasteiger partial charge in [0, 0.05) is 14.0 Å². The molecule has 0 saturated heterocycles. The van der Waals surface area contributed by atoms with Crippen molar-refractivity contribution in [2.45, 2.75) is 13.0 Å². The molecule has 1 unspecified atom stereocenters. The molecule has 0 rings (SSSR count). The van der Waals surface area contributed by atoms with E-state index in [-0.39, 0.29) is 13.2 Å². The van der Waals surface area contributed by atoms with Crippen molar-refractivity contribution < 1.29 is 24.9 Å². The summed E-state index contributed by atoms with van der Waals surface area (Å²) in [5, 5.41) is 23.8. The fourth-order valence-electron chi connectivity index (χ4n) is 0.266. The standard InChI is InChI=1S/C5H10O4.CH4O/c1-4(7)9-3-5(8)2-6;1-2/h5-6,8H,2-3H2,1H3;2H,1H3. The molecule has 1 atom stereocenters. The van der Waals surface area contributed by atoms with Gasteiger partial charge in [0.2, 0.25) is 0 Å². The number of aliphatic hydroxyl groups excluding tert-OH is 3. The molecule has 0 amide bonds. The van der Waals surface area contributed by atoms with E-state index in [0.29, 0.717) is 0 Å². The average Bonchev–Trinajstić information content (AvgIpc) is 2.04. The molecule has 0 saturated carbocycles. The molecule has 0 radical (unpaired) electrons. The van der Waals surface area contributed by atoms with Crippen LogP contribution in [0.3, 0.4) is 0 Å². The maximum Gasteiger partial charge on any atom is 0.302 e. The lowest BCUT2D eigenvalue weighted by Crippen LogP contribution is -2.20. The highest BCUT2D eigenvalue weighted by Gasteiger charge is 2.02. The number of ether oxygens (including phenoxy) is 1. The van der Waals surface area contributed by atoms with Crippen LogP contribution in [0.25, 0.3) is 0 Å². The lowest BCUT2D eigenvalue weighted by Gasteiger charge is -2.05. The maximum absolute atomic E-state index is 10.0. The largest absolute Gasteiger partial charge is 0.463 e. The molecule has 0 spiro atoms. The third kappa shape index (κ3) is 12.5. The van der Waals surface area contributed by atoms with Crippen molar-refractivity contribution in [2.75, 3.05) is 20.3 Å². The summed E-state index contributed by atoms with van der Waals surface area (Å²) < 4.78 is 4.35. The van der Waals surface area contributed by atoms with E-state index in [9.17, 15) is 4.79 Å². The summed E-state index contributed by atoms with van der Waals surface area (Å²) >= 11 is 0. The summed E-state index contributed by atoms with van der Waals surface area (Å²) in [4.78, 5) is 10.0. The third-order valence-electron chi connectivity index (χ3n) is 0.690. The molecule has 5 heteroatoms. The van der Waals surface area contributed by atoms with Gasteiger partial charge in [-0.3, -0.25) is 4.79 Å². The summed E-state index contributed by atoms with van der Waals surface area (Å²) in [5.41, 5.74) is 0. The minimum absolute atomic E-state index is 0.133. The van der Waals surface area contributed by atoms with Crippen LogP contribution in [0.1, 0.15) is 6.92 Å². The Bertz CT molecular complexity index is 93.0. The van der Waals surface area contributed by atoms with E-state index in [1.165, 1.54) is 6.92 Å². The number of aliphatic hydroxyl groups is 3. The van der Waals surface area contributed by atoms with Gasteiger partial charge < -0.3 is 20.1 Å². The van der Waals surface area contributed by atoms with Crippen molar-refractivity contribution >= 4 is 5.97 Å². The fraction of sp³-hybridized carbons (Fsp3) is 0.833. The van der Waals surface area contributed by atoms with E-state index >= 15 is 0 Å².